The van der Waals surface area contributed by atoms with Crippen molar-refractivity contribution >= 4 is 28.9 Å². The normalized spacial score (nSPS) is 10.1. The van der Waals surface area contributed by atoms with Gasteiger partial charge in [0.1, 0.15) is 12.1 Å². The second kappa shape index (κ2) is 5.71. The summed E-state index contributed by atoms with van der Waals surface area (Å²) in [4.78, 5) is 25.7. The van der Waals surface area contributed by atoms with Gasteiger partial charge in [-0.2, -0.15) is 0 Å². The van der Waals surface area contributed by atoms with Gasteiger partial charge in [0, 0.05) is 0 Å². The van der Waals surface area contributed by atoms with Crippen molar-refractivity contribution in [3.05, 3.63) is 24.3 Å². The molecule has 0 unspecified atom stereocenters. The molecule has 1 aromatic carbocycles. The van der Waals surface area contributed by atoms with Crippen LogP contribution in [0.15, 0.2) is 24.3 Å². The molecule has 0 saturated carbocycles. The van der Waals surface area contributed by atoms with Crippen LogP contribution in [-0.4, -0.2) is 45.3 Å². The van der Waals surface area contributed by atoms with Crippen LogP contribution in [0.25, 0.3) is 11.0 Å². The smallest absolute Gasteiger partial charge is 0.322 e. The summed E-state index contributed by atoms with van der Waals surface area (Å²) in [5, 5.41) is 21.0. The van der Waals surface area contributed by atoms with E-state index in [0.717, 1.165) is 0 Å². The quantitative estimate of drug-likeness (QED) is 0.672. The number of aromatic nitrogens is 3. The van der Waals surface area contributed by atoms with Gasteiger partial charge in [-0.1, -0.05) is 12.1 Å². The van der Waals surface area contributed by atoms with E-state index < -0.39 is 18.4 Å². The van der Waals surface area contributed by atoms with E-state index in [1.54, 1.807) is 12.1 Å². The lowest BCUT2D eigenvalue weighted by Gasteiger charge is -2.04. The third kappa shape index (κ3) is 3.60. The van der Waals surface area contributed by atoms with Gasteiger partial charge in [0.15, 0.2) is 0 Å². The molecule has 19 heavy (non-hydrogen) atoms. The number of carbonyl (C=O) groups excluding carboxylic acids is 1. The first-order valence-corrected chi connectivity index (χ1v) is 5.47. The Morgan fingerprint density at radius 3 is 2.58 bits per heavy atom. The fourth-order valence-corrected chi connectivity index (χ4v) is 1.35. The molecule has 0 radical (unpaired) electrons. The van der Waals surface area contributed by atoms with E-state index in [2.05, 4.69) is 25.8 Å². The van der Waals surface area contributed by atoms with Crippen LogP contribution in [0.3, 0.4) is 0 Å². The lowest BCUT2D eigenvalue weighted by atomic mass is 10.3. The second-order valence-electron chi connectivity index (χ2n) is 3.65. The number of nitrogens with one attached hydrogen (secondary N) is 2. The molecule has 1 amide bonds. The molecule has 0 aliphatic carbocycles. The Morgan fingerprint density at radius 2 is 1.84 bits per heavy atom. The highest BCUT2D eigenvalue weighted by molar-refractivity contribution is 5.84. The summed E-state index contributed by atoms with van der Waals surface area (Å²) < 4.78 is 0. The molecule has 0 atom stereocenters. The second-order valence-corrected chi connectivity index (χ2v) is 3.65. The number of fused-ring (bicyclic) bond motifs is 1. The summed E-state index contributed by atoms with van der Waals surface area (Å²) in [6, 6.07) is 7.20. The van der Waals surface area contributed by atoms with E-state index >= 15 is 0 Å². The minimum atomic E-state index is -1.10. The van der Waals surface area contributed by atoms with Crippen molar-refractivity contribution in [2.75, 3.05) is 18.4 Å². The SMILES string of the molecule is O=C(O)CNC(=O)CNc1nnc2ccccc2n1. The number of carboxylic acids is 1. The number of benzene rings is 1. The van der Waals surface area contributed by atoms with Gasteiger partial charge in [-0.3, -0.25) is 9.59 Å². The van der Waals surface area contributed by atoms with Crippen LogP contribution in [0, 0.1) is 0 Å². The Hall–Kier alpha value is -2.77. The minimum absolute atomic E-state index is 0.118. The summed E-state index contributed by atoms with van der Waals surface area (Å²) in [6.07, 6.45) is 0. The first-order chi connectivity index (χ1) is 9.15. The molecule has 3 N–H and O–H groups in total. The van der Waals surface area contributed by atoms with E-state index in [0.29, 0.717) is 11.0 Å². The molecule has 1 heterocycles. The van der Waals surface area contributed by atoms with E-state index in [1.807, 2.05) is 12.1 Å². The number of amides is 1. The first kappa shape index (κ1) is 12.7. The van der Waals surface area contributed by atoms with Crippen LogP contribution < -0.4 is 10.6 Å². The largest absolute Gasteiger partial charge is 0.480 e. The predicted molar refractivity (Wildman–Crippen MR) is 66.5 cm³/mol. The molecule has 0 bridgehead atoms. The van der Waals surface area contributed by atoms with Crippen molar-refractivity contribution < 1.29 is 14.7 Å². The molecule has 0 fully saturated rings. The number of hydrogen-bond acceptors (Lipinski definition) is 6. The molecule has 2 rings (SSSR count). The van der Waals surface area contributed by atoms with Gasteiger partial charge in [0.25, 0.3) is 0 Å². The molecule has 8 nitrogen and oxygen atoms in total. The third-order valence-corrected chi connectivity index (χ3v) is 2.20. The summed E-state index contributed by atoms with van der Waals surface area (Å²) >= 11 is 0. The molecule has 0 aliphatic heterocycles. The summed E-state index contributed by atoms with van der Waals surface area (Å²) in [6.45, 7) is -0.537. The lowest BCUT2D eigenvalue weighted by Crippen LogP contribution is -2.34. The Balaban J connectivity index is 1.94. The van der Waals surface area contributed by atoms with Crippen molar-refractivity contribution in [1.82, 2.24) is 20.5 Å². The standard InChI is InChI=1S/C11H11N5O3/c17-9(12-6-10(18)19)5-13-11-14-7-3-1-2-4-8(7)15-16-11/h1-4H,5-6H2,(H,12,17)(H,18,19)(H,13,14,16). The number of aliphatic carboxylic acids is 1. The van der Waals surface area contributed by atoms with Gasteiger partial charge in [0.2, 0.25) is 11.9 Å². The number of rotatable bonds is 5. The molecule has 0 spiro atoms. The van der Waals surface area contributed by atoms with Crippen LogP contribution >= 0.6 is 0 Å². The maximum atomic E-state index is 11.3. The Kier molecular flexibility index (Phi) is 3.81. The number of para-hydroxylation sites is 1. The van der Waals surface area contributed by atoms with Crippen LogP contribution in [0.5, 0.6) is 0 Å². The van der Waals surface area contributed by atoms with E-state index in [9.17, 15) is 9.59 Å². The number of carboxylic acid groups (broad SMARTS) is 1. The number of carbonyl (C=O) groups is 2. The summed E-state index contributed by atoms with van der Waals surface area (Å²) in [5.74, 6) is -1.35. The maximum absolute atomic E-state index is 11.3. The Labute approximate surface area is 107 Å². The zero-order chi connectivity index (χ0) is 13.7. The zero-order valence-electron chi connectivity index (χ0n) is 9.83. The average Bonchev–Trinajstić information content (AvgIpc) is 2.42. The molecule has 8 heteroatoms. The van der Waals surface area contributed by atoms with E-state index in [1.165, 1.54) is 0 Å². The van der Waals surface area contributed by atoms with Gasteiger partial charge in [-0.05, 0) is 12.1 Å². The van der Waals surface area contributed by atoms with Crippen LogP contribution in [0.1, 0.15) is 0 Å². The summed E-state index contributed by atoms with van der Waals surface area (Å²) in [5.41, 5.74) is 1.31. The van der Waals surface area contributed by atoms with Crippen LogP contribution in [0.2, 0.25) is 0 Å². The molecule has 1 aromatic heterocycles. The van der Waals surface area contributed by atoms with Crippen LogP contribution in [-0.2, 0) is 9.59 Å². The van der Waals surface area contributed by atoms with Gasteiger partial charge in [0.05, 0.1) is 12.1 Å². The van der Waals surface area contributed by atoms with Gasteiger partial charge in [-0.25, -0.2) is 4.98 Å². The summed E-state index contributed by atoms with van der Waals surface area (Å²) in [7, 11) is 0. The Bertz CT molecular complexity index is 616. The van der Waals surface area contributed by atoms with Crippen molar-refractivity contribution in [2.24, 2.45) is 0 Å². The third-order valence-electron chi connectivity index (χ3n) is 2.20. The monoisotopic (exact) mass is 261 g/mol. The van der Waals surface area contributed by atoms with Crippen LogP contribution in [0.4, 0.5) is 5.95 Å². The lowest BCUT2D eigenvalue weighted by molar-refractivity contribution is -0.137. The van der Waals surface area contributed by atoms with E-state index in [-0.39, 0.29) is 12.5 Å². The minimum Gasteiger partial charge on any atom is -0.480 e. The Morgan fingerprint density at radius 1 is 1.11 bits per heavy atom. The molecule has 0 aliphatic rings. The van der Waals surface area contributed by atoms with Gasteiger partial charge < -0.3 is 15.7 Å². The van der Waals surface area contributed by atoms with Crippen molar-refractivity contribution in [3.8, 4) is 0 Å². The van der Waals surface area contributed by atoms with Crippen molar-refractivity contribution in [3.63, 3.8) is 0 Å². The van der Waals surface area contributed by atoms with Crippen molar-refractivity contribution in [1.29, 1.82) is 0 Å². The molecular formula is C11H11N5O3. The van der Waals surface area contributed by atoms with E-state index in [4.69, 9.17) is 5.11 Å². The van der Waals surface area contributed by atoms with Gasteiger partial charge in [-0.15, -0.1) is 10.2 Å². The van der Waals surface area contributed by atoms with Gasteiger partial charge >= 0.3 is 5.97 Å². The molecular weight excluding hydrogens is 250 g/mol. The number of nitrogens with zero attached hydrogens (tertiary/aromatic N) is 3. The highest BCUT2D eigenvalue weighted by Gasteiger charge is 2.05. The number of hydrogen-bond donors (Lipinski definition) is 3. The maximum Gasteiger partial charge on any atom is 0.322 e. The number of anilines is 1. The zero-order valence-corrected chi connectivity index (χ0v) is 9.83. The molecule has 2 aromatic rings. The topological polar surface area (TPSA) is 117 Å². The van der Waals surface area contributed by atoms with Crippen molar-refractivity contribution in [2.45, 2.75) is 0 Å². The first-order valence-electron chi connectivity index (χ1n) is 5.47. The predicted octanol–water partition coefficient (Wildman–Crippen LogP) is -0.362. The fourth-order valence-electron chi connectivity index (χ4n) is 1.35. The average molecular weight is 261 g/mol. The highest BCUT2D eigenvalue weighted by Crippen LogP contribution is 2.08. The fraction of sp³-hybridized carbons (Fsp3) is 0.182. The highest BCUT2D eigenvalue weighted by atomic mass is 16.4. The molecule has 0 saturated heterocycles. The molecule has 98 valence electrons.